The zero-order chi connectivity index (χ0) is 25.0. The molecule has 10 heteroatoms. The lowest BCUT2D eigenvalue weighted by Gasteiger charge is -2.16. The molecule has 2 aromatic carbocycles. The Bertz CT molecular complexity index is 1280. The zero-order valence-electron chi connectivity index (χ0n) is 19.1. The molecular weight excluding hydrogens is 634 g/mol. The molecule has 3 aromatic rings. The van der Waals surface area contributed by atoms with Crippen molar-refractivity contribution in [3.8, 4) is 5.75 Å². The van der Waals surface area contributed by atoms with Gasteiger partial charge >= 0.3 is 5.97 Å². The molecule has 0 saturated carbocycles. The number of benzene rings is 2. The number of aromatic nitrogens is 2. The number of halogens is 3. The zero-order valence-corrected chi connectivity index (χ0v) is 23.9. The molecule has 1 heterocycles. The molecule has 0 bridgehead atoms. The van der Waals surface area contributed by atoms with Gasteiger partial charge in [0.25, 0.3) is 5.56 Å². The molecule has 0 spiro atoms. The van der Waals surface area contributed by atoms with Crippen LogP contribution in [0.5, 0.6) is 5.75 Å². The maximum Gasteiger partial charge on any atom is 0.347 e. The standard InChI is InChI=1S/C24H24Br3N3O4/c1-5-13(3)22-29-20-8-7-16(25)11-17(20)23(31)30(22)28-12-15-9-18(26)21(19(27)10-15)34-14(4)24(32)33-6-2/h7-14H,5-6H2,1-4H3/t13-,14+/m0/s1. The number of carbonyl (C=O) groups excluding carboxylic acids is 1. The summed E-state index contributed by atoms with van der Waals surface area (Å²) in [6.07, 6.45) is 1.63. The van der Waals surface area contributed by atoms with Crippen molar-refractivity contribution in [1.29, 1.82) is 0 Å². The number of nitrogens with zero attached hydrogens (tertiary/aromatic N) is 3. The lowest BCUT2D eigenvalue weighted by molar-refractivity contribution is -0.150. The maximum atomic E-state index is 13.3. The van der Waals surface area contributed by atoms with Crippen LogP contribution in [0.2, 0.25) is 0 Å². The van der Waals surface area contributed by atoms with E-state index in [4.69, 9.17) is 14.5 Å². The summed E-state index contributed by atoms with van der Waals surface area (Å²) in [6, 6.07) is 9.03. The van der Waals surface area contributed by atoms with Gasteiger partial charge < -0.3 is 9.47 Å². The summed E-state index contributed by atoms with van der Waals surface area (Å²) in [5.74, 6) is 0.656. The summed E-state index contributed by atoms with van der Waals surface area (Å²) in [7, 11) is 0. The van der Waals surface area contributed by atoms with Crippen molar-refractivity contribution in [2.75, 3.05) is 6.61 Å². The third-order valence-electron chi connectivity index (χ3n) is 5.14. The van der Waals surface area contributed by atoms with Crippen LogP contribution in [0.15, 0.2) is 53.6 Å². The van der Waals surface area contributed by atoms with Crippen LogP contribution < -0.4 is 10.3 Å². The minimum atomic E-state index is -0.772. The second-order valence-corrected chi connectivity index (χ2v) is 10.3. The third kappa shape index (κ3) is 5.95. The Morgan fingerprint density at radius 3 is 2.44 bits per heavy atom. The summed E-state index contributed by atoms with van der Waals surface area (Å²) in [6.45, 7) is 7.71. The predicted molar refractivity (Wildman–Crippen MR) is 144 cm³/mol. The van der Waals surface area contributed by atoms with Crippen LogP contribution >= 0.6 is 47.8 Å². The second-order valence-electron chi connectivity index (χ2n) is 7.63. The van der Waals surface area contributed by atoms with Gasteiger partial charge in [-0.2, -0.15) is 9.78 Å². The molecule has 0 aliphatic rings. The second kappa shape index (κ2) is 11.6. The van der Waals surface area contributed by atoms with E-state index in [-0.39, 0.29) is 18.1 Å². The lowest BCUT2D eigenvalue weighted by atomic mass is 10.1. The number of esters is 1. The van der Waals surface area contributed by atoms with Gasteiger partial charge in [0.05, 0.1) is 32.7 Å². The molecule has 0 amide bonds. The van der Waals surface area contributed by atoms with E-state index in [9.17, 15) is 9.59 Å². The number of ether oxygens (including phenoxy) is 2. The highest BCUT2D eigenvalue weighted by Gasteiger charge is 2.20. The van der Waals surface area contributed by atoms with E-state index in [2.05, 4.69) is 52.9 Å². The molecule has 0 N–H and O–H groups in total. The SMILES string of the molecule is CCOC(=O)[C@@H](C)Oc1c(Br)cc(C=Nn2c([C@@H](C)CC)nc3ccc(Br)cc3c2=O)cc1Br. The lowest BCUT2D eigenvalue weighted by Crippen LogP contribution is -2.26. The molecule has 0 radical (unpaired) electrons. The normalized spacial score (nSPS) is 13.3. The van der Waals surface area contributed by atoms with Gasteiger partial charge in [0.2, 0.25) is 0 Å². The fourth-order valence-electron chi connectivity index (χ4n) is 3.15. The predicted octanol–water partition coefficient (Wildman–Crippen LogP) is 6.41. The molecule has 0 unspecified atom stereocenters. The monoisotopic (exact) mass is 655 g/mol. The quantitative estimate of drug-likeness (QED) is 0.207. The van der Waals surface area contributed by atoms with Gasteiger partial charge in [0, 0.05) is 10.4 Å². The van der Waals surface area contributed by atoms with Crippen LogP contribution in [0.3, 0.4) is 0 Å². The Hall–Kier alpha value is -2.04. The van der Waals surface area contributed by atoms with Crippen LogP contribution in [0.1, 0.15) is 51.4 Å². The average Bonchev–Trinajstić information content (AvgIpc) is 2.80. The first-order chi connectivity index (χ1) is 16.2. The largest absolute Gasteiger partial charge is 0.477 e. The van der Waals surface area contributed by atoms with Crippen molar-refractivity contribution < 1.29 is 14.3 Å². The van der Waals surface area contributed by atoms with Gasteiger partial charge in [-0.25, -0.2) is 9.78 Å². The highest BCUT2D eigenvalue weighted by atomic mass is 79.9. The van der Waals surface area contributed by atoms with Gasteiger partial charge in [0.15, 0.2) is 6.10 Å². The fraction of sp³-hybridized carbons (Fsp3) is 0.333. The van der Waals surface area contributed by atoms with E-state index in [1.807, 2.05) is 26.0 Å². The van der Waals surface area contributed by atoms with Crippen LogP contribution in [-0.2, 0) is 9.53 Å². The summed E-state index contributed by atoms with van der Waals surface area (Å²) in [5.41, 5.74) is 1.11. The highest BCUT2D eigenvalue weighted by Crippen LogP contribution is 2.35. The van der Waals surface area contributed by atoms with Crippen molar-refractivity contribution in [2.45, 2.75) is 46.1 Å². The van der Waals surface area contributed by atoms with E-state index < -0.39 is 12.1 Å². The Balaban J connectivity index is 2.00. The van der Waals surface area contributed by atoms with Crippen LogP contribution in [-0.4, -0.2) is 34.6 Å². The van der Waals surface area contributed by atoms with Crippen molar-refractivity contribution in [1.82, 2.24) is 9.66 Å². The number of rotatable bonds is 8. The Labute approximate surface area is 222 Å². The molecule has 34 heavy (non-hydrogen) atoms. The van der Waals surface area contributed by atoms with E-state index in [1.54, 1.807) is 38.3 Å². The van der Waals surface area contributed by atoms with Crippen molar-refractivity contribution >= 4 is 70.9 Å². The summed E-state index contributed by atoms with van der Waals surface area (Å²) < 4.78 is 14.2. The topological polar surface area (TPSA) is 82.8 Å². The summed E-state index contributed by atoms with van der Waals surface area (Å²) in [5, 5.41) is 4.98. The molecule has 0 aliphatic carbocycles. The van der Waals surface area contributed by atoms with Crippen molar-refractivity contribution in [2.24, 2.45) is 5.10 Å². The van der Waals surface area contributed by atoms with E-state index in [0.717, 1.165) is 10.9 Å². The van der Waals surface area contributed by atoms with Crippen LogP contribution in [0.4, 0.5) is 0 Å². The first-order valence-corrected chi connectivity index (χ1v) is 13.1. The number of hydrogen-bond acceptors (Lipinski definition) is 6. The molecule has 0 saturated heterocycles. The molecule has 2 atom stereocenters. The van der Waals surface area contributed by atoms with Gasteiger partial charge in [-0.1, -0.05) is 29.8 Å². The minimum Gasteiger partial charge on any atom is -0.477 e. The molecule has 0 aliphatic heterocycles. The Kier molecular flexibility index (Phi) is 9.06. The smallest absolute Gasteiger partial charge is 0.347 e. The third-order valence-corrected chi connectivity index (χ3v) is 6.81. The highest BCUT2D eigenvalue weighted by molar-refractivity contribution is 9.11. The van der Waals surface area contributed by atoms with Crippen LogP contribution in [0.25, 0.3) is 10.9 Å². The first-order valence-electron chi connectivity index (χ1n) is 10.7. The fourth-order valence-corrected chi connectivity index (χ4v) is 4.92. The van der Waals surface area contributed by atoms with Gasteiger partial charge in [-0.05, 0) is 88.0 Å². The minimum absolute atomic E-state index is 0.0384. The molecule has 0 fully saturated rings. The van der Waals surface area contributed by atoms with E-state index >= 15 is 0 Å². The van der Waals surface area contributed by atoms with Crippen molar-refractivity contribution in [3.05, 3.63) is 65.5 Å². The molecular formula is C24H24Br3N3O4. The number of fused-ring (bicyclic) bond motifs is 1. The average molecular weight is 658 g/mol. The van der Waals surface area contributed by atoms with Gasteiger partial charge in [-0.3, -0.25) is 4.79 Å². The summed E-state index contributed by atoms with van der Waals surface area (Å²) >= 11 is 10.4. The number of carbonyl (C=O) groups is 1. The van der Waals surface area contributed by atoms with Gasteiger partial charge in [-0.15, -0.1) is 0 Å². The van der Waals surface area contributed by atoms with Gasteiger partial charge in [0.1, 0.15) is 11.6 Å². The molecule has 3 rings (SSSR count). The Morgan fingerprint density at radius 1 is 1.15 bits per heavy atom. The first kappa shape index (κ1) is 26.6. The summed E-state index contributed by atoms with van der Waals surface area (Å²) in [4.78, 5) is 29.9. The number of hydrogen-bond donors (Lipinski definition) is 0. The van der Waals surface area contributed by atoms with E-state index in [0.29, 0.717) is 37.0 Å². The maximum absolute atomic E-state index is 13.3. The molecule has 1 aromatic heterocycles. The van der Waals surface area contributed by atoms with Crippen molar-refractivity contribution in [3.63, 3.8) is 0 Å². The van der Waals surface area contributed by atoms with Crippen LogP contribution in [0, 0.1) is 0 Å². The molecule has 180 valence electrons. The molecule has 7 nitrogen and oxygen atoms in total. The van der Waals surface area contributed by atoms with E-state index in [1.165, 1.54) is 4.68 Å². The Morgan fingerprint density at radius 2 is 1.82 bits per heavy atom.